The van der Waals surface area contributed by atoms with Gasteiger partial charge in [0.25, 0.3) is 0 Å². The Bertz CT molecular complexity index is 1160. The van der Waals surface area contributed by atoms with Crippen LogP contribution in [0.1, 0.15) is 28.7 Å². The SMILES string of the molecule is C=C(N=C(c1cc(O)ccc1C)N(CCC(=O)O)CCc1ccccc1)c1cccc(Br)c1. The van der Waals surface area contributed by atoms with Crippen LogP contribution in [0, 0.1) is 6.92 Å². The molecule has 6 heteroatoms. The monoisotopic (exact) mass is 506 g/mol. The first-order chi connectivity index (χ1) is 15.8. The minimum Gasteiger partial charge on any atom is -0.508 e. The predicted molar refractivity (Wildman–Crippen MR) is 137 cm³/mol. The summed E-state index contributed by atoms with van der Waals surface area (Å²) in [5.74, 6) is -0.166. The number of rotatable bonds is 9. The average molecular weight is 507 g/mol. The van der Waals surface area contributed by atoms with E-state index in [1.165, 1.54) is 0 Å². The van der Waals surface area contributed by atoms with E-state index in [-0.39, 0.29) is 18.7 Å². The molecule has 0 aliphatic carbocycles. The number of aliphatic imine (C=N–C) groups is 1. The first kappa shape index (κ1) is 24.3. The Labute approximate surface area is 202 Å². The highest BCUT2D eigenvalue weighted by Gasteiger charge is 2.19. The van der Waals surface area contributed by atoms with E-state index in [0.29, 0.717) is 18.1 Å². The molecule has 0 bridgehead atoms. The highest BCUT2D eigenvalue weighted by atomic mass is 79.9. The fourth-order valence-corrected chi connectivity index (χ4v) is 3.87. The van der Waals surface area contributed by atoms with Gasteiger partial charge in [0.2, 0.25) is 0 Å². The molecular formula is C27H27BrN2O3. The van der Waals surface area contributed by atoms with Crippen molar-refractivity contribution in [2.75, 3.05) is 13.1 Å². The van der Waals surface area contributed by atoms with Crippen molar-refractivity contribution in [3.63, 3.8) is 0 Å². The van der Waals surface area contributed by atoms with Gasteiger partial charge in [0.15, 0.2) is 0 Å². The maximum Gasteiger partial charge on any atom is 0.305 e. The number of halogens is 1. The molecular weight excluding hydrogens is 480 g/mol. The second-order valence-electron chi connectivity index (χ2n) is 7.76. The van der Waals surface area contributed by atoms with Gasteiger partial charge in [0.05, 0.1) is 12.1 Å². The van der Waals surface area contributed by atoms with Crippen molar-refractivity contribution in [2.45, 2.75) is 19.8 Å². The molecule has 0 radical (unpaired) electrons. The third kappa shape index (κ3) is 7.05. The summed E-state index contributed by atoms with van der Waals surface area (Å²) >= 11 is 3.48. The van der Waals surface area contributed by atoms with Gasteiger partial charge in [0.1, 0.15) is 11.6 Å². The lowest BCUT2D eigenvalue weighted by Gasteiger charge is -2.27. The number of carboxylic acid groups (broad SMARTS) is 1. The molecule has 0 atom stereocenters. The summed E-state index contributed by atoms with van der Waals surface area (Å²) in [5, 5.41) is 19.5. The summed E-state index contributed by atoms with van der Waals surface area (Å²) in [7, 11) is 0. The van der Waals surface area contributed by atoms with Crippen LogP contribution in [0.4, 0.5) is 0 Å². The number of phenols is 1. The quantitative estimate of drug-likeness (QED) is 0.280. The van der Waals surface area contributed by atoms with Crippen LogP contribution in [0.25, 0.3) is 5.70 Å². The number of aryl methyl sites for hydroxylation is 1. The molecule has 0 heterocycles. The second kappa shape index (κ2) is 11.5. The zero-order chi connectivity index (χ0) is 23.8. The summed E-state index contributed by atoms with van der Waals surface area (Å²) < 4.78 is 0.915. The smallest absolute Gasteiger partial charge is 0.305 e. The number of phenolic OH excluding ortho intramolecular Hbond substituents is 1. The fraction of sp³-hybridized carbons (Fsp3) is 0.185. The van der Waals surface area contributed by atoms with Gasteiger partial charge in [-0.05, 0) is 48.7 Å². The lowest BCUT2D eigenvalue weighted by atomic mass is 10.0. The van der Waals surface area contributed by atoms with Crippen LogP contribution in [0.15, 0.2) is 88.8 Å². The van der Waals surface area contributed by atoms with Crippen molar-refractivity contribution in [3.05, 3.63) is 106 Å². The van der Waals surface area contributed by atoms with Crippen molar-refractivity contribution in [3.8, 4) is 5.75 Å². The number of nitrogens with zero attached hydrogens (tertiary/aromatic N) is 2. The lowest BCUT2D eigenvalue weighted by molar-refractivity contribution is -0.137. The van der Waals surface area contributed by atoms with E-state index in [2.05, 4.69) is 22.5 Å². The normalized spacial score (nSPS) is 11.3. The van der Waals surface area contributed by atoms with Crippen LogP contribution in [-0.2, 0) is 11.2 Å². The zero-order valence-electron chi connectivity index (χ0n) is 18.5. The van der Waals surface area contributed by atoms with Crippen molar-refractivity contribution in [2.24, 2.45) is 4.99 Å². The van der Waals surface area contributed by atoms with Crippen LogP contribution in [-0.4, -0.2) is 40.0 Å². The van der Waals surface area contributed by atoms with Gasteiger partial charge in [-0.2, -0.15) is 0 Å². The van der Waals surface area contributed by atoms with Crippen LogP contribution < -0.4 is 0 Å². The van der Waals surface area contributed by atoms with Gasteiger partial charge in [0, 0.05) is 28.7 Å². The molecule has 3 aromatic rings. The van der Waals surface area contributed by atoms with Crippen molar-refractivity contribution in [1.29, 1.82) is 0 Å². The molecule has 0 aliphatic rings. The van der Waals surface area contributed by atoms with E-state index >= 15 is 0 Å². The molecule has 2 N–H and O–H groups in total. The number of aromatic hydroxyl groups is 1. The van der Waals surface area contributed by atoms with E-state index in [0.717, 1.165) is 33.1 Å². The van der Waals surface area contributed by atoms with Crippen LogP contribution in [0.2, 0.25) is 0 Å². The van der Waals surface area contributed by atoms with Crippen LogP contribution in [0.3, 0.4) is 0 Å². The summed E-state index contributed by atoms with van der Waals surface area (Å²) in [6.45, 7) is 6.95. The molecule has 0 saturated heterocycles. The molecule has 0 saturated carbocycles. The number of benzene rings is 3. The molecule has 0 unspecified atom stereocenters. The maximum atomic E-state index is 11.4. The Hall–Kier alpha value is -3.38. The zero-order valence-corrected chi connectivity index (χ0v) is 20.1. The number of amidine groups is 1. The number of aliphatic carboxylic acids is 1. The molecule has 170 valence electrons. The summed E-state index contributed by atoms with van der Waals surface area (Å²) in [4.78, 5) is 18.2. The van der Waals surface area contributed by atoms with Crippen molar-refractivity contribution < 1.29 is 15.0 Å². The summed E-state index contributed by atoms with van der Waals surface area (Å²) in [6.07, 6.45) is 0.690. The number of hydrogen-bond acceptors (Lipinski definition) is 3. The molecule has 5 nitrogen and oxygen atoms in total. The van der Waals surface area contributed by atoms with Gasteiger partial charge >= 0.3 is 5.97 Å². The highest BCUT2D eigenvalue weighted by Crippen LogP contribution is 2.24. The largest absolute Gasteiger partial charge is 0.508 e. The van der Waals surface area contributed by atoms with Gasteiger partial charge in [-0.3, -0.25) is 4.79 Å². The Morgan fingerprint density at radius 2 is 1.79 bits per heavy atom. The molecule has 0 spiro atoms. The van der Waals surface area contributed by atoms with Crippen LogP contribution in [0.5, 0.6) is 5.75 Å². The minimum atomic E-state index is -0.877. The number of carbonyl (C=O) groups is 1. The van der Waals surface area contributed by atoms with Crippen molar-refractivity contribution in [1.82, 2.24) is 4.90 Å². The molecule has 0 amide bonds. The number of hydrogen-bond donors (Lipinski definition) is 2. The minimum absolute atomic E-state index is 0.0327. The van der Waals surface area contributed by atoms with E-state index in [9.17, 15) is 15.0 Å². The van der Waals surface area contributed by atoms with Crippen LogP contribution >= 0.6 is 15.9 Å². The lowest BCUT2D eigenvalue weighted by Crippen LogP contribution is -2.36. The molecule has 3 rings (SSSR count). The summed E-state index contributed by atoms with van der Waals surface area (Å²) in [6, 6.07) is 22.9. The Balaban J connectivity index is 2.04. The number of carboxylic acids is 1. The standard InChI is InChI=1S/C27H27BrN2O3/c1-19-11-12-24(31)18-25(19)27(29-20(2)22-9-6-10-23(28)17-22)30(16-14-26(32)33)15-13-21-7-4-3-5-8-21/h3-12,17-18,31H,2,13-16H2,1H3,(H,32,33). The van der Waals surface area contributed by atoms with Crippen molar-refractivity contribution >= 4 is 33.4 Å². The van der Waals surface area contributed by atoms with Gasteiger partial charge in [-0.1, -0.05) is 71.0 Å². The van der Waals surface area contributed by atoms with Gasteiger partial charge in [-0.25, -0.2) is 4.99 Å². The first-order valence-electron chi connectivity index (χ1n) is 10.7. The van der Waals surface area contributed by atoms with Gasteiger partial charge < -0.3 is 15.1 Å². The highest BCUT2D eigenvalue weighted by molar-refractivity contribution is 9.10. The average Bonchev–Trinajstić information content (AvgIpc) is 2.80. The van der Waals surface area contributed by atoms with E-state index in [4.69, 9.17) is 4.99 Å². The molecule has 0 aromatic heterocycles. The summed E-state index contributed by atoms with van der Waals surface area (Å²) in [5.41, 5.74) is 4.21. The molecule has 0 aliphatic heterocycles. The predicted octanol–water partition coefficient (Wildman–Crippen LogP) is 5.90. The Morgan fingerprint density at radius 1 is 1.03 bits per heavy atom. The first-order valence-corrected chi connectivity index (χ1v) is 11.5. The molecule has 33 heavy (non-hydrogen) atoms. The second-order valence-corrected chi connectivity index (χ2v) is 8.67. The van der Waals surface area contributed by atoms with Gasteiger partial charge in [-0.15, -0.1) is 0 Å². The Morgan fingerprint density at radius 3 is 2.48 bits per heavy atom. The third-order valence-corrected chi connectivity index (χ3v) is 5.76. The fourth-order valence-electron chi connectivity index (χ4n) is 3.48. The Kier molecular flexibility index (Phi) is 8.44. The van der Waals surface area contributed by atoms with E-state index < -0.39 is 5.97 Å². The third-order valence-electron chi connectivity index (χ3n) is 5.27. The van der Waals surface area contributed by atoms with E-state index in [1.54, 1.807) is 12.1 Å². The van der Waals surface area contributed by atoms with E-state index in [1.807, 2.05) is 72.5 Å². The molecule has 3 aromatic carbocycles. The molecule has 0 fully saturated rings. The topological polar surface area (TPSA) is 73.1 Å². The maximum absolute atomic E-state index is 11.4.